The first-order chi connectivity index (χ1) is 15.0. The average molecular weight is 413 g/mol. The van der Waals surface area contributed by atoms with Crippen LogP contribution in [0, 0.1) is 0 Å². The first kappa shape index (κ1) is 20.3. The lowest BCUT2D eigenvalue weighted by molar-refractivity contribution is -0.134. The van der Waals surface area contributed by atoms with E-state index >= 15 is 0 Å². The van der Waals surface area contributed by atoms with Crippen LogP contribution in [0.1, 0.15) is 29.7 Å². The van der Waals surface area contributed by atoms with Crippen molar-refractivity contribution in [3.8, 4) is 0 Å². The van der Waals surface area contributed by atoms with Gasteiger partial charge in [0.05, 0.1) is 6.04 Å². The van der Waals surface area contributed by atoms with Gasteiger partial charge in [-0.05, 0) is 23.6 Å². The first-order valence-corrected chi connectivity index (χ1v) is 10.1. The Morgan fingerprint density at radius 3 is 1.87 bits per heavy atom. The molecule has 1 fully saturated rings. The molecule has 6 nitrogen and oxygen atoms in total. The number of carbonyl (C=O) groups is 3. The minimum absolute atomic E-state index is 0.248. The standard InChI is InChI=1S/C25H23N3O3/c1-18(19-11-5-2-6-12-19)26-22(29)17-28-23(30)25(27-24(28)31,20-13-7-3-8-14-20)21-15-9-4-10-16-21/h2-16,18H,17H2,1H3,(H,26,29)(H,27,31). The number of imide groups is 1. The minimum Gasteiger partial charge on any atom is -0.348 e. The second-order valence-electron chi connectivity index (χ2n) is 7.50. The summed E-state index contributed by atoms with van der Waals surface area (Å²) >= 11 is 0. The summed E-state index contributed by atoms with van der Waals surface area (Å²) in [5.74, 6) is -0.880. The lowest BCUT2D eigenvalue weighted by Gasteiger charge is -2.28. The Morgan fingerprint density at radius 1 is 0.871 bits per heavy atom. The molecule has 3 aromatic carbocycles. The minimum atomic E-state index is -1.37. The van der Waals surface area contributed by atoms with Gasteiger partial charge in [-0.2, -0.15) is 0 Å². The van der Waals surface area contributed by atoms with E-state index in [0.717, 1.165) is 10.5 Å². The number of nitrogens with zero attached hydrogens (tertiary/aromatic N) is 1. The van der Waals surface area contributed by atoms with Crippen molar-refractivity contribution in [3.05, 3.63) is 108 Å². The van der Waals surface area contributed by atoms with Gasteiger partial charge in [0.1, 0.15) is 6.54 Å². The third kappa shape index (κ3) is 3.80. The molecule has 4 amide bonds. The van der Waals surface area contributed by atoms with Crippen LogP contribution in [0.2, 0.25) is 0 Å². The highest BCUT2D eigenvalue weighted by Crippen LogP contribution is 2.35. The molecule has 0 aromatic heterocycles. The summed E-state index contributed by atoms with van der Waals surface area (Å²) in [6.07, 6.45) is 0. The van der Waals surface area contributed by atoms with E-state index in [4.69, 9.17) is 0 Å². The molecule has 2 N–H and O–H groups in total. The molecule has 156 valence electrons. The van der Waals surface area contributed by atoms with Gasteiger partial charge in [0.25, 0.3) is 5.91 Å². The van der Waals surface area contributed by atoms with Crippen molar-refractivity contribution in [2.45, 2.75) is 18.5 Å². The first-order valence-electron chi connectivity index (χ1n) is 10.1. The number of hydrogen-bond donors (Lipinski definition) is 2. The smallest absolute Gasteiger partial charge is 0.326 e. The highest BCUT2D eigenvalue weighted by Gasteiger charge is 2.54. The van der Waals surface area contributed by atoms with E-state index in [9.17, 15) is 14.4 Å². The van der Waals surface area contributed by atoms with E-state index in [2.05, 4.69) is 10.6 Å². The van der Waals surface area contributed by atoms with Crippen molar-refractivity contribution in [1.29, 1.82) is 0 Å². The zero-order valence-electron chi connectivity index (χ0n) is 17.1. The van der Waals surface area contributed by atoms with Crippen molar-refractivity contribution in [2.24, 2.45) is 0 Å². The van der Waals surface area contributed by atoms with E-state index in [1.165, 1.54) is 0 Å². The molecule has 0 bridgehead atoms. The van der Waals surface area contributed by atoms with Gasteiger partial charge >= 0.3 is 6.03 Å². The Balaban J connectivity index is 1.60. The van der Waals surface area contributed by atoms with E-state index in [-0.39, 0.29) is 12.6 Å². The van der Waals surface area contributed by atoms with Crippen molar-refractivity contribution in [2.75, 3.05) is 6.54 Å². The Hall–Kier alpha value is -3.93. The molecule has 1 heterocycles. The molecular weight excluding hydrogens is 390 g/mol. The summed E-state index contributed by atoms with van der Waals surface area (Å²) in [4.78, 5) is 40.1. The predicted octanol–water partition coefficient (Wildman–Crippen LogP) is 3.36. The third-order valence-electron chi connectivity index (χ3n) is 5.50. The van der Waals surface area contributed by atoms with Crippen LogP contribution in [0.4, 0.5) is 4.79 Å². The molecule has 6 heteroatoms. The van der Waals surface area contributed by atoms with Gasteiger partial charge in [-0.15, -0.1) is 0 Å². The van der Waals surface area contributed by atoms with Gasteiger partial charge in [0.15, 0.2) is 5.54 Å². The lowest BCUT2D eigenvalue weighted by Crippen LogP contribution is -2.46. The summed E-state index contributed by atoms with van der Waals surface area (Å²) in [5.41, 5.74) is 0.849. The average Bonchev–Trinajstić information content (AvgIpc) is 3.06. The fourth-order valence-corrected chi connectivity index (χ4v) is 3.91. The van der Waals surface area contributed by atoms with E-state index < -0.39 is 23.4 Å². The van der Waals surface area contributed by atoms with Crippen molar-refractivity contribution < 1.29 is 14.4 Å². The maximum atomic E-state index is 13.6. The van der Waals surface area contributed by atoms with Crippen LogP contribution in [-0.4, -0.2) is 29.3 Å². The summed E-state index contributed by atoms with van der Waals surface area (Å²) in [5, 5.41) is 5.71. The number of amides is 4. The highest BCUT2D eigenvalue weighted by molar-refractivity contribution is 6.11. The number of urea groups is 1. The SMILES string of the molecule is CC(NC(=O)CN1C(=O)NC(c2ccccc2)(c2ccccc2)C1=O)c1ccccc1. The van der Waals surface area contributed by atoms with Crippen LogP contribution >= 0.6 is 0 Å². The summed E-state index contributed by atoms with van der Waals surface area (Å²) in [7, 11) is 0. The molecule has 1 saturated heterocycles. The van der Waals surface area contributed by atoms with E-state index in [1.54, 1.807) is 24.3 Å². The molecule has 1 aliphatic heterocycles. The van der Waals surface area contributed by atoms with Gasteiger partial charge in [0.2, 0.25) is 5.91 Å². The van der Waals surface area contributed by atoms with Gasteiger partial charge in [-0.25, -0.2) is 4.79 Å². The molecule has 0 radical (unpaired) electrons. The van der Waals surface area contributed by atoms with Crippen LogP contribution in [-0.2, 0) is 15.1 Å². The van der Waals surface area contributed by atoms with Gasteiger partial charge in [-0.1, -0.05) is 91.0 Å². The third-order valence-corrected chi connectivity index (χ3v) is 5.50. The lowest BCUT2D eigenvalue weighted by atomic mass is 9.82. The van der Waals surface area contributed by atoms with Crippen LogP contribution in [0.5, 0.6) is 0 Å². The van der Waals surface area contributed by atoms with Gasteiger partial charge < -0.3 is 10.6 Å². The van der Waals surface area contributed by atoms with E-state index in [1.807, 2.05) is 73.7 Å². The predicted molar refractivity (Wildman–Crippen MR) is 117 cm³/mol. The molecule has 1 atom stereocenters. The molecule has 31 heavy (non-hydrogen) atoms. The molecule has 0 saturated carbocycles. The Bertz CT molecular complexity index is 1050. The Kier molecular flexibility index (Phi) is 5.54. The number of nitrogens with one attached hydrogen (secondary N) is 2. The van der Waals surface area contributed by atoms with Crippen LogP contribution in [0.25, 0.3) is 0 Å². The second kappa shape index (κ2) is 8.44. The van der Waals surface area contributed by atoms with Crippen molar-refractivity contribution in [1.82, 2.24) is 15.5 Å². The zero-order valence-corrected chi connectivity index (χ0v) is 17.1. The number of hydrogen-bond acceptors (Lipinski definition) is 3. The fraction of sp³-hybridized carbons (Fsp3) is 0.160. The quantitative estimate of drug-likeness (QED) is 0.609. The molecule has 1 unspecified atom stereocenters. The molecule has 0 spiro atoms. The van der Waals surface area contributed by atoms with Crippen LogP contribution < -0.4 is 10.6 Å². The number of carbonyl (C=O) groups excluding carboxylic acids is 3. The monoisotopic (exact) mass is 413 g/mol. The summed E-state index contributed by atoms with van der Waals surface area (Å²) < 4.78 is 0. The van der Waals surface area contributed by atoms with Gasteiger partial charge in [0, 0.05) is 0 Å². The molecule has 3 aromatic rings. The summed E-state index contributed by atoms with van der Waals surface area (Å²) in [6, 6.07) is 26.8. The number of rotatable bonds is 6. The maximum absolute atomic E-state index is 13.6. The molecule has 0 aliphatic carbocycles. The Morgan fingerprint density at radius 2 is 1.35 bits per heavy atom. The Labute approximate surface area is 180 Å². The summed E-state index contributed by atoms with van der Waals surface area (Å²) in [6.45, 7) is 1.50. The molecule has 4 rings (SSSR count). The topological polar surface area (TPSA) is 78.5 Å². The van der Waals surface area contributed by atoms with Gasteiger partial charge in [-0.3, -0.25) is 14.5 Å². The fourth-order valence-electron chi connectivity index (χ4n) is 3.91. The zero-order chi connectivity index (χ0) is 21.8. The van der Waals surface area contributed by atoms with E-state index in [0.29, 0.717) is 11.1 Å². The van der Waals surface area contributed by atoms with Crippen LogP contribution in [0.15, 0.2) is 91.0 Å². The van der Waals surface area contributed by atoms with Crippen molar-refractivity contribution >= 4 is 17.8 Å². The normalized spacial score (nSPS) is 16.0. The van der Waals surface area contributed by atoms with Crippen LogP contribution in [0.3, 0.4) is 0 Å². The molecular formula is C25H23N3O3. The second-order valence-corrected chi connectivity index (χ2v) is 7.50. The molecule has 1 aliphatic rings. The number of benzene rings is 3. The van der Waals surface area contributed by atoms with Crippen molar-refractivity contribution in [3.63, 3.8) is 0 Å². The maximum Gasteiger partial charge on any atom is 0.326 e. The largest absolute Gasteiger partial charge is 0.348 e. The highest BCUT2D eigenvalue weighted by atomic mass is 16.2.